The minimum Gasteiger partial charge on any atom is -0.383 e. The molecule has 0 bridgehead atoms. The van der Waals surface area contributed by atoms with Gasteiger partial charge in [0.2, 0.25) is 5.91 Å². The molecular weight excluding hydrogens is 358 g/mol. The van der Waals surface area contributed by atoms with E-state index in [4.69, 9.17) is 4.74 Å². The highest BCUT2D eigenvalue weighted by Gasteiger charge is 2.35. The molecule has 1 atom stereocenters. The molecule has 1 heterocycles. The van der Waals surface area contributed by atoms with E-state index in [1.165, 1.54) is 25.0 Å². The highest BCUT2D eigenvalue weighted by molar-refractivity contribution is 5.92. The second kappa shape index (κ2) is 12.4. The van der Waals surface area contributed by atoms with E-state index >= 15 is 0 Å². The largest absolute Gasteiger partial charge is 0.383 e. The van der Waals surface area contributed by atoms with Crippen molar-refractivity contribution in [3.63, 3.8) is 0 Å². The molecule has 2 rings (SSSR count). The lowest BCUT2D eigenvalue weighted by Gasteiger charge is -2.37. The summed E-state index contributed by atoms with van der Waals surface area (Å²) < 4.78 is 5.05. The lowest BCUT2D eigenvalue weighted by Crippen LogP contribution is -2.58. The Morgan fingerprint density at radius 1 is 1.29 bits per heavy atom. The summed E-state index contributed by atoms with van der Waals surface area (Å²) in [5.41, 5.74) is 3.18. The number of rotatable bonds is 11. The molecule has 1 fully saturated rings. The van der Waals surface area contributed by atoms with Gasteiger partial charge in [-0.15, -0.1) is 0 Å². The van der Waals surface area contributed by atoms with Crippen LogP contribution in [0.25, 0.3) is 0 Å². The van der Waals surface area contributed by atoms with Crippen molar-refractivity contribution < 1.29 is 14.3 Å². The molecule has 0 aliphatic heterocycles. The van der Waals surface area contributed by atoms with Crippen molar-refractivity contribution in [2.24, 2.45) is 5.92 Å². The van der Waals surface area contributed by atoms with Gasteiger partial charge in [-0.25, -0.2) is 9.99 Å². The Balaban J connectivity index is 2.18. The molecule has 28 heavy (non-hydrogen) atoms. The van der Waals surface area contributed by atoms with Gasteiger partial charge in [-0.2, -0.15) is 0 Å². The number of amides is 2. The van der Waals surface area contributed by atoms with Crippen molar-refractivity contribution in [3.8, 4) is 0 Å². The first-order valence-electron chi connectivity index (χ1n) is 10.3. The molecule has 0 spiro atoms. The van der Waals surface area contributed by atoms with Crippen LogP contribution in [-0.4, -0.2) is 59.6 Å². The van der Waals surface area contributed by atoms with Crippen LogP contribution in [0, 0.1) is 5.92 Å². The van der Waals surface area contributed by atoms with Crippen LogP contribution in [0.3, 0.4) is 0 Å². The van der Waals surface area contributed by atoms with Crippen LogP contribution in [0.4, 0.5) is 0 Å². The molecule has 0 radical (unpaired) electrons. The van der Waals surface area contributed by atoms with Crippen LogP contribution >= 0.6 is 0 Å². The third kappa shape index (κ3) is 6.83. The van der Waals surface area contributed by atoms with Gasteiger partial charge in [-0.05, 0) is 25.2 Å². The second-order valence-corrected chi connectivity index (χ2v) is 7.21. The summed E-state index contributed by atoms with van der Waals surface area (Å²) in [5, 5.41) is 4.78. The average Bonchev–Trinajstić information content (AvgIpc) is 2.73. The standard InChI is InChI=1S/C20H33N5O3/c1-3-4-13-25(24-19(26)17-15-21-10-11-22-17)18(16-8-6-5-7-9-16)20(27)23-12-14-28-2/h10-11,15-16,18H,3-9,12-14H2,1-2H3,(H,23,27)(H,24,26). The van der Waals surface area contributed by atoms with Gasteiger partial charge < -0.3 is 10.1 Å². The fraction of sp³-hybridized carbons (Fsp3) is 0.700. The van der Waals surface area contributed by atoms with Crippen molar-refractivity contribution in [2.75, 3.05) is 26.8 Å². The number of nitrogens with zero attached hydrogens (tertiary/aromatic N) is 3. The summed E-state index contributed by atoms with van der Waals surface area (Å²) in [6, 6.07) is -0.399. The molecule has 0 saturated heterocycles. The van der Waals surface area contributed by atoms with Gasteiger partial charge in [0.05, 0.1) is 12.8 Å². The average molecular weight is 392 g/mol. The lowest BCUT2D eigenvalue weighted by atomic mass is 9.83. The van der Waals surface area contributed by atoms with E-state index < -0.39 is 6.04 Å². The number of carbonyl (C=O) groups is 2. The van der Waals surface area contributed by atoms with E-state index in [9.17, 15) is 9.59 Å². The molecule has 0 aromatic carbocycles. The Labute approximate surface area is 167 Å². The zero-order chi connectivity index (χ0) is 20.2. The minimum absolute atomic E-state index is 0.0560. The van der Waals surface area contributed by atoms with Crippen LogP contribution < -0.4 is 10.7 Å². The Bertz CT molecular complexity index is 593. The van der Waals surface area contributed by atoms with Crippen molar-refractivity contribution in [3.05, 3.63) is 24.3 Å². The number of hydrazine groups is 1. The molecule has 2 N–H and O–H groups in total. The van der Waals surface area contributed by atoms with Gasteiger partial charge in [0.1, 0.15) is 11.7 Å². The first-order valence-corrected chi connectivity index (χ1v) is 10.3. The molecular formula is C20H33N5O3. The third-order valence-corrected chi connectivity index (χ3v) is 5.10. The number of aromatic nitrogens is 2. The maximum Gasteiger partial charge on any atom is 0.285 e. The van der Waals surface area contributed by atoms with E-state index in [0.717, 1.165) is 38.5 Å². The number of nitrogens with one attached hydrogen (secondary N) is 2. The first-order chi connectivity index (χ1) is 13.7. The molecule has 1 aliphatic carbocycles. The molecule has 8 nitrogen and oxygen atoms in total. The first kappa shape index (κ1) is 22.2. The number of methoxy groups -OCH3 is 1. The molecule has 1 aromatic rings. The maximum atomic E-state index is 13.1. The van der Waals surface area contributed by atoms with Crippen LogP contribution in [0.15, 0.2) is 18.6 Å². The van der Waals surface area contributed by atoms with E-state index in [2.05, 4.69) is 27.6 Å². The van der Waals surface area contributed by atoms with Crippen molar-refractivity contribution >= 4 is 11.8 Å². The summed E-state index contributed by atoms with van der Waals surface area (Å²) >= 11 is 0. The number of hydrogen-bond acceptors (Lipinski definition) is 6. The molecule has 1 aliphatic rings. The Morgan fingerprint density at radius 2 is 2.07 bits per heavy atom. The molecule has 1 saturated carbocycles. The molecule has 156 valence electrons. The van der Waals surface area contributed by atoms with Gasteiger partial charge in [-0.3, -0.25) is 20.0 Å². The van der Waals surface area contributed by atoms with Gasteiger partial charge in [0.25, 0.3) is 5.91 Å². The Kier molecular flexibility index (Phi) is 9.85. The summed E-state index contributed by atoms with van der Waals surface area (Å²) in [7, 11) is 1.61. The van der Waals surface area contributed by atoms with Crippen LogP contribution in [0.1, 0.15) is 62.4 Å². The highest BCUT2D eigenvalue weighted by atomic mass is 16.5. The Hall–Kier alpha value is -2.06. The topological polar surface area (TPSA) is 96.5 Å². The normalized spacial score (nSPS) is 16.0. The van der Waals surface area contributed by atoms with E-state index in [0.29, 0.717) is 19.7 Å². The highest BCUT2D eigenvalue weighted by Crippen LogP contribution is 2.29. The monoisotopic (exact) mass is 391 g/mol. The summed E-state index contributed by atoms with van der Waals surface area (Å²) in [6.45, 7) is 3.63. The van der Waals surface area contributed by atoms with Crippen molar-refractivity contribution in [1.82, 2.24) is 25.7 Å². The van der Waals surface area contributed by atoms with Crippen molar-refractivity contribution in [1.29, 1.82) is 0 Å². The van der Waals surface area contributed by atoms with E-state index in [-0.39, 0.29) is 23.4 Å². The van der Waals surface area contributed by atoms with Crippen LogP contribution in [0.5, 0.6) is 0 Å². The zero-order valence-corrected chi connectivity index (χ0v) is 17.0. The van der Waals surface area contributed by atoms with Gasteiger partial charge in [-0.1, -0.05) is 32.6 Å². The fourth-order valence-corrected chi connectivity index (χ4v) is 3.64. The minimum atomic E-state index is -0.399. The number of ether oxygens (including phenoxy) is 1. The van der Waals surface area contributed by atoms with Gasteiger partial charge in [0.15, 0.2) is 0 Å². The fourth-order valence-electron chi connectivity index (χ4n) is 3.64. The predicted octanol–water partition coefficient (Wildman–Crippen LogP) is 1.93. The van der Waals surface area contributed by atoms with E-state index in [1.54, 1.807) is 7.11 Å². The van der Waals surface area contributed by atoms with Crippen LogP contribution in [0.2, 0.25) is 0 Å². The summed E-state index contributed by atoms with van der Waals surface area (Å²) in [6.07, 6.45) is 11.7. The SMILES string of the molecule is CCCCN(NC(=O)c1cnccn1)C(C(=O)NCCOC)C1CCCCC1. The third-order valence-electron chi connectivity index (χ3n) is 5.10. The quantitative estimate of drug-likeness (QED) is 0.442. The number of carbonyl (C=O) groups excluding carboxylic acids is 2. The molecule has 8 heteroatoms. The van der Waals surface area contributed by atoms with Crippen molar-refractivity contribution in [2.45, 2.75) is 57.9 Å². The summed E-state index contributed by atoms with van der Waals surface area (Å²) in [4.78, 5) is 33.8. The second-order valence-electron chi connectivity index (χ2n) is 7.21. The lowest BCUT2D eigenvalue weighted by molar-refractivity contribution is -0.130. The maximum absolute atomic E-state index is 13.1. The predicted molar refractivity (Wildman–Crippen MR) is 106 cm³/mol. The van der Waals surface area contributed by atoms with Crippen LogP contribution in [-0.2, 0) is 9.53 Å². The van der Waals surface area contributed by atoms with Gasteiger partial charge in [0, 0.05) is 32.6 Å². The van der Waals surface area contributed by atoms with E-state index in [1.807, 2.05) is 5.01 Å². The summed E-state index contributed by atoms with van der Waals surface area (Å²) in [5.74, 6) is -0.176. The van der Waals surface area contributed by atoms with Gasteiger partial charge >= 0.3 is 0 Å². The number of unbranched alkanes of at least 4 members (excludes halogenated alkanes) is 1. The molecule has 1 unspecified atom stereocenters. The molecule has 2 amide bonds. The Morgan fingerprint density at radius 3 is 2.71 bits per heavy atom. The zero-order valence-electron chi connectivity index (χ0n) is 17.0. The number of hydrogen-bond donors (Lipinski definition) is 2. The smallest absolute Gasteiger partial charge is 0.285 e. The molecule has 1 aromatic heterocycles.